The molecule has 7 nitrogen and oxygen atoms in total. The van der Waals surface area contributed by atoms with E-state index in [9.17, 15) is 10.1 Å². The smallest absolute Gasteiger partial charge is 0.390 e. The largest absolute Gasteiger partial charge is 0.434 e. The van der Waals surface area contributed by atoms with Crippen LogP contribution in [0.3, 0.4) is 0 Å². The van der Waals surface area contributed by atoms with E-state index in [1.165, 1.54) is 17.0 Å². The fourth-order valence-electron chi connectivity index (χ4n) is 1.42. The van der Waals surface area contributed by atoms with Gasteiger partial charge in [-0.1, -0.05) is 28.7 Å². The molecular weight excluding hydrogens is 270 g/mol. The average molecular weight is 280 g/mol. The zero-order chi connectivity index (χ0) is 13.8. The van der Waals surface area contributed by atoms with Crippen LogP contribution in [0, 0.1) is 10.1 Å². The fraction of sp³-hybridized carbons (Fsp3) is 0.0909. The number of hydrogen-bond acceptors (Lipinski definition) is 5. The lowest BCUT2D eigenvalue weighted by Crippen LogP contribution is -2.02. The first kappa shape index (κ1) is 13.0. The van der Waals surface area contributed by atoms with E-state index in [1.54, 1.807) is 19.2 Å². The van der Waals surface area contributed by atoms with Crippen molar-refractivity contribution in [2.24, 2.45) is 12.1 Å². The van der Waals surface area contributed by atoms with E-state index in [0.29, 0.717) is 16.4 Å². The van der Waals surface area contributed by atoms with Crippen molar-refractivity contribution < 1.29 is 4.92 Å². The Morgan fingerprint density at radius 2 is 2.26 bits per heavy atom. The molecular formula is C11H10ClN5O2. The molecule has 0 aliphatic carbocycles. The lowest BCUT2D eigenvalue weighted by Gasteiger charge is -2.01. The lowest BCUT2D eigenvalue weighted by molar-refractivity contribution is -0.396. The number of para-hydroxylation sites is 1. The Bertz CT molecular complexity index is 638. The quantitative estimate of drug-likeness (QED) is 0.529. The lowest BCUT2D eigenvalue weighted by atomic mass is 10.3. The molecule has 98 valence electrons. The van der Waals surface area contributed by atoms with Crippen LogP contribution in [0.4, 0.5) is 11.6 Å². The van der Waals surface area contributed by atoms with Crippen LogP contribution in [0.5, 0.6) is 0 Å². The van der Waals surface area contributed by atoms with Crippen LogP contribution in [-0.2, 0) is 7.05 Å². The van der Waals surface area contributed by atoms with Crippen molar-refractivity contribution >= 4 is 29.5 Å². The van der Waals surface area contributed by atoms with Gasteiger partial charge in [0.05, 0.1) is 24.0 Å². The highest BCUT2D eigenvalue weighted by atomic mass is 35.5. The minimum Gasteiger partial charge on any atom is -0.390 e. The van der Waals surface area contributed by atoms with Crippen molar-refractivity contribution in [2.75, 3.05) is 5.43 Å². The normalized spacial score (nSPS) is 10.8. The van der Waals surface area contributed by atoms with Crippen LogP contribution >= 0.6 is 11.6 Å². The minimum atomic E-state index is -0.557. The number of hydrogen-bond donors (Lipinski definition) is 1. The maximum atomic E-state index is 10.6. The molecule has 0 radical (unpaired) electrons. The highest BCUT2D eigenvalue weighted by Gasteiger charge is 2.15. The Morgan fingerprint density at radius 1 is 1.53 bits per heavy atom. The number of nitrogens with zero attached hydrogens (tertiary/aromatic N) is 4. The number of nitrogens with one attached hydrogen (secondary N) is 1. The van der Waals surface area contributed by atoms with Crippen LogP contribution in [0.2, 0.25) is 5.02 Å². The summed E-state index contributed by atoms with van der Waals surface area (Å²) in [4.78, 5) is 13.7. The monoisotopic (exact) mass is 279 g/mol. The van der Waals surface area contributed by atoms with Gasteiger partial charge in [0.15, 0.2) is 5.69 Å². The molecule has 0 spiro atoms. The third-order valence-corrected chi connectivity index (χ3v) is 2.75. The van der Waals surface area contributed by atoms with Gasteiger partial charge in [0.25, 0.3) is 0 Å². The number of halogens is 1. The molecule has 0 saturated carbocycles. The molecule has 0 atom stereocenters. The number of anilines is 1. The van der Waals surface area contributed by atoms with Crippen LogP contribution in [0.1, 0.15) is 5.69 Å². The number of hydrazone groups is 1. The van der Waals surface area contributed by atoms with Gasteiger partial charge in [-0.15, -0.1) is 0 Å². The molecule has 0 unspecified atom stereocenters. The molecule has 0 aliphatic rings. The summed E-state index contributed by atoms with van der Waals surface area (Å²) in [6.07, 6.45) is 2.80. The van der Waals surface area contributed by atoms with Gasteiger partial charge in [0.1, 0.15) is 6.20 Å². The predicted octanol–water partition coefficient (Wildman–Crippen LogP) is 2.43. The summed E-state index contributed by atoms with van der Waals surface area (Å²) in [7, 11) is 1.54. The SMILES string of the molecule is Cn1c(C=NNc2ccccc2Cl)cnc1[N+](=O)[O-]. The Balaban J connectivity index is 2.12. The first-order valence-electron chi connectivity index (χ1n) is 5.29. The van der Waals surface area contributed by atoms with Crippen molar-refractivity contribution in [1.82, 2.24) is 9.55 Å². The number of nitro groups is 1. The van der Waals surface area contributed by atoms with E-state index in [-0.39, 0.29) is 5.95 Å². The van der Waals surface area contributed by atoms with Gasteiger partial charge in [0.2, 0.25) is 0 Å². The molecule has 0 amide bonds. The van der Waals surface area contributed by atoms with E-state index in [0.717, 1.165) is 0 Å². The molecule has 1 heterocycles. The third-order valence-electron chi connectivity index (χ3n) is 2.42. The summed E-state index contributed by atoms with van der Waals surface area (Å²) in [5, 5.41) is 15.1. The summed E-state index contributed by atoms with van der Waals surface area (Å²) < 4.78 is 1.33. The second-order valence-corrected chi connectivity index (χ2v) is 4.06. The molecule has 8 heteroatoms. The number of benzene rings is 1. The van der Waals surface area contributed by atoms with Crippen molar-refractivity contribution in [2.45, 2.75) is 0 Å². The predicted molar refractivity (Wildman–Crippen MR) is 72.5 cm³/mol. The van der Waals surface area contributed by atoms with Crippen molar-refractivity contribution in [3.8, 4) is 0 Å². The molecule has 0 saturated heterocycles. The number of rotatable bonds is 4. The van der Waals surface area contributed by atoms with E-state index < -0.39 is 4.92 Å². The molecule has 2 rings (SSSR count). The van der Waals surface area contributed by atoms with Gasteiger partial charge >= 0.3 is 5.95 Å². The van der Waals surface area contributed by atoms with Crippen molar-refractivity contribution in [1.29, 1.82) is 0 Å². The summed E-state index contributed by atoms with van der Waals surface area (Å²) in [5.41, 5.74) is 3.91. The maximum absolute atomic E-state index is 10.6. The Morgan fingerprint density at radius 3 is 2.89 bits per heavy atom. The van der Waals surface area contributed by atoms with E-state index in [2.05, 4.69) is 15.5 Å². The first-order chi connectivity index (χ1) is 9.09. The molecule has 0 fully saturated rings. The van der Waals surface area contributed by atoms with Gasteiger partial charge in [0, 0.05) is 0 Å². The Labute approximate surface area is 113 Å². The number of aromatic nitrogens is 2. The van der Waals surface area contributed by atoms with E-state index in [4.69, 9.17) is 11.6 Å². The van der Waals surface area contributed by atoms with Crippen LogP contribution in [0.25, 0.3) is 0 Å². The van der Waals surface area contributed by atoms with Crippen molar-refractivity contribution in [3.05, 3.63) is 51.3 Å². The molecule has 19 heavy (non-hydrogen) atoms. The minimum absolute atomic E-state index is 0.237. The average Bonchev–Trinajstić information content (AvgIpc) is 2.74. The molecule has 2 aromatic rings. The molecule has 0 aliphatic heterocycles. The Hall–Kier alpha value is -2.41. The zero-order valence-electron chi connectivity index (χ0n) is 9.95. The van der Waals surface area contributed by atoms with Crippen LogP contribution in [0.15, 0.2) is 35.6 Å². The van der Waals surface area contributed by atoms with Gasteiger partial charge in [-0.3, -0.25) is 5.43 Å². The second kappa shape index (κ2) is 5.49. The van der Waals surface area contributed by atoms with Gasteiger partial charge < -0.3 is 10.1 Å². The van der Waals surface area contributed by atoms with Crippen molar-refractivity contribution in [3.63, 3.8) is 0 Å². The van der Waals surface area contributed by atoms with Crippen LogP contribution < -0.4 is 5.43 Å². The standard InChI is InChI=1S/C11H10ClN5O2/c1-16-8(6-13-11(16)17(18)19)7-14-15-10-5-3-2-4-9(10)12/h2-7,15H,1H3. The Kier molecular flexibility index (Phi) is 3.76. The van der Waals surface area contributed by atoms with Crippen LogP contribution in [-0.4, -0.2) is 20.7 Å². The molecule has 1 aromatic carbocycles. The van der Waals surface area contributed by atoms with E-state index in [1.807, 2.05) is 12.1 Å². The second-order valence-electron chi connectivity index (χ2n) is 3.65. The summed E-state index contributed by atoms with van der Waals surface area (Å²) >= 11 is 5.94. The fourth-order valence-corrected chi connectivity index (χ4v) is 1.60. The van der Waals surface area contributed by atoms with Gasteiger partial charge in [-0.2, -0.15) is 5.10 Å². The van der Waals surface area contributed by atoms with Gasteiger partial charge in [-0.25, -0.2) is 4.57 Å². The zero-order valence-corrected chi connectivity index (χ0v) is 10.7. The number of imidazole rings is 1. The highest BCUT2D eigenvalue weighted by molar-refractivity contribution is 6.33. The molecule has 1 aromatic heterocycles. The first-order valence-corrected chi connectivity index (χ1v) is 5.67. The molecule has 0 bridgehead atoms. The van der Waals surface area contributed by atoms with Gasteiger partial charge in [-0.05, 0) is 17.1 Å². The molecule has 1 N–H and O–H groups in total. The maximum Gasteiger partial charge on any atom is 0.434 e. The third kappa shape index (κ3) is 2.89. The highest BCUT2D eigenvalue weighted by Crippen LogP contribution is 2.20. The summed E-state index contributed by atoms with van der Waals surface area (Å²) in [6, 6.07) is 7.13. The summed E-state index contributed by atoms with van der Waals surface area (Å²) in [6.45, 7) is 0. The summed E-state index contributed by atoms with van der Waals surface area (Å²) in [5.74, 6) is -0.237. The van der Waals surface area contributed by atoms with E-state index >= 15 is 0 Å². The topological polar surface area (TPSA) is 85.3 Å².